The number of amides is 1. The first-order valence-electron chi connectivity index (χ1n) is 9.94. The Hall–Kier alpha value is -2.03. The minimum Gasteiger partial charge on any atom is -0.481 e. The quantitative estimate of drug-likeness (QED) is 0.774. The fraction of sp³-hybridized carbons (Fsp3) is 0.700. The molecule has 29 heavy (non-hydrogen) atoms. The van der Waals surface area contributed by atoms with Crippen molar-refractivity contribution in [2.45, 2.75) is 63.6 Å². The first-order chi connectivity index (χ1) is 13.7. The van der Waals surface area contributed by atoms with Crippen LogP contribution in [0, 0.1) is 11.7 Å². The number of nitrogens with zero attached hydrogens (tertiary/aromatic N) is 2. The van der Waals surface area contributed by atoms with Crippen LogP contribution in [-0.4, -0.2) is 54.6 Å². The molecule has 1 saturated carbocycles. The summed E-state index contributed by atoms with van der Waals surface area (Å²) in [6.45, 7) is 3.02. The van der Waals surface area contributed by atoms with Gasteiger partial charge in [-0.1, -0.05) is 6.92 Å². The Kier molecular flexibility index (Phi) is 6.55. The minimum absolute atomic E-state index is 0.0700. The second-order valence-electron chi connectivity index (χ2n) is 8.13. The van der Waals surface area contributed by atoms with Crippen LogP contribution in [0.15, 0.2) is 6.07 Å². The van der Waals surface area contributed by atoms with Crippen molar-refractivity contribution in [3.8, 4) is 11.8 Å². The molecule has 1 aromatic heterocycles. The van der Waals surface area contributed by atoms with Crippen molar-refractivity contribution in [1.82, 2.24) is 15.2 Å². The predicted octanol–water partition coefficient (Wildman–Crippen LogP) is 3.14. The molecule has 2 aliphatic rings. The molecule has 0 spiro atoms. The van der Waals surface area contributed by atoms with Gasteiger partial charge in [-0.2, -0.15) is 4.98 Å². The van der Waals surface area contributed by atoms with E-state index >= 15 is 0 Å². The van der Waals surface area contributed by atoms with Gasteiger partial charge >= 0.3 is 0 Å². The molecule has 1 aromatic rings. The number of hydrogen-bond donors (Lipinski definition) is 1. The van der Waals surface area contributed by atoms with Crippen molar-refractivity contribution >= 4 is 5.91 Å². The van der Waals surface area contributed by atoms with E-state index in [0.717, 1.165) is 13.0 Å². The van der Waals surface area contributed by atoms with E-state index in [1.165, 1.54) is 13.2 Å². The molecule has 1 aliphatic carbocycles. The Labute approximate surface area is 168 Å². The molecule has 0 bridgehead atoms. The van der Waals surface area contributed by atoms with Gasteiger partial charge in [0, 0.05) is 31.5 Å². The zero-order chi connectivity index (χ0) is 21.2. The highest BCUT2D eigenvalue weighted by atomic mass is 19.3. The number of rotatable bonds is 6. The summed E-state index contributed by atoms with van der Waals surface area (Å²) in [5, 5.41) is 2.81. The number of methoxy groups -OCH3 is 1. The second-order valence-corrected chi connectivity index (χ2v) is 8.13. The standard InChI is InChI=1S/C20H28F3N3O3/c1-12-8-16(26(2)11-12)17(27)24-10-13-9-15(21)19(25-18(13)28-3)29-14-4-6-20(22,23)7-5-14/h9,12,14,16H,4-8,10-11H2,1-3H3,(H,24,27)/t12-,16+/m1/s1. The number of hydrogen-bond acceptors (Lipinski definition) is 5. The molecule has 1 aliphatic heterocycles. The number of likely N-dealkylation sites (tertiary alicyclic amines) is 1. The highest BCUT2D eigenvalue weighted by molar-refractivity contribution is 5.82. The zero-order valence-electron chi connectivity index (χ0n) is 17.0. The van der Waals surface area contributed by atoms with Crippen molar-refractivity contribution in [2.24, 2.45) is 5.92 Å². The summed E-state index contributed by atoms with van der Waals surface area (Å²) in [4.78, 5) is 18.5. The van der Waals surface area contributed by atoms with E-state index in [4.69, 9.17) is 9.47 Å². The van der Waals surface area contributed by atoms with Gasteiger partial charge in [-0.05, 0) is 38.3 Å². The third-order valence-corrected chi connectivity index (χ3v) is 5.63. The molecule has 3 rings (SSSR count). The molecule has 2 fully saturated rings. The molecule has 1 amide bonds. The maximum atomic E-state index is 14.5. The zero-order valence-corrected chi connectivity index (χ0v) is 17.0. The van der Waals surface area contributed by atoms with Crippen LogP contribution in [0.2, 0.25) is 0 Å². The number of halogens is 3. The van der Waals surface area contributed by atoms with Crippen molar-refractivity contribution in [3.05, 3.63) is 17.4 Å². The fourth-order valence-electron chi connectivity index (χ4n) is 4.03. The summed E-state index contributed by atoms with van der Waals surface area (Å²) >= 11 is 0. The largest absolute Gasteiger partial charge is 0.481 e. The van der Waals surface area contributed by atoms with Gasteiger partial charge in [0.05, 0.1) is 13.2 Å². The molecule has 6 nitrogen and oxygen atoms in total. The Morgan fingerprint density at radius 3 is 2.62 bits per heavy atom. The predicted molar refractivity (Wildman–Crippen MR) is 101 cm³/mol. The van der Waals surface area contributed by atoms with E-state index in [2.05, 4.69) is 17.2 Å². The van der Waals surface area contributed by atoms with Gasteiger partial charge in [-0.25, -0.2) is 13.2 Å². The number of likely N-dealkylation sites (N-methyl/N-ethyl adjacent to an activating group) is 1. The van der Waals surface area contributed by atoms with Crippen LogP contribution in [0.4, 0.5) is 13.2 Å². The van der Waals surface area contributed by atoms with Crippen molar-refractivity contribution in [3.63, 3.8) is 0 Å². The third kappa shape index (κ3) is 5.32. The summed E-state index contributed by atoms with van der Waals surface area (Å²) < 4.78 is 51.8. The molecule has 0 aromatic carbocycles. The number of pyridine rings is 1. The van der Waals surface area contributed by atoms with E-state index in [1.807, 2.05) is 11.9 Å². The summed E-state index contributed by atoms with van der Waals surface area (Å²) in [6.07, 6.45) is -0.0156. The topological polar surface area (TPSA) is 63.7 Å². The van der Waals surface area contributed by atoms with Gasteiger partial charge in [0.2, 0.25) is 17.7 Å². The average Bonchev–Trinajstić information content (AvgIpc) is 3.01. The molecule has 0 radical (unpaired) electrons. The highest BCUT2D eigenvalue weighted by Gasteiger charge is 2.36. The normalized spacial score (nSPS) is 25.0. The lowest BCUT2D eigenvalue weighted by Gasteiger charge is -2.28. The average molecular weight is 415 g/mol. The molecular weight excluding hydrogens is 387 g/mol. The van der Waals surface area contributed by atoms with Crippen LogP contribution in [-0.2, 0) is 11.3 Å². The van der Waals surface area contributed by atoms with Gasteiger partial charge in [0.15, 0.2) is 5.82 Å². The third-order valence-electron chi connectivity index (χ3n) is 5.63. The lowest BCUT2D eigenvalue weighted by Crippen LogP contribution is -2.41. The van der Waals surface area contributed by atoms with E-state index in [1.54, 1.807) is 0 Å². The highest BCUT2D eigenvalue weighted by Crippen LogP contribution is 2.35. The maximum absolute atomic E-state index is 14.5. The van der Waals surface area contributed by atoms with Crippen LogP contribution < -0.4 is 14.8 Å². The SMILES string of the molecule is COc1nc(OC2CCC(F)(F)CC2)c(F)cc1CNC(=O)[C@@H]1C[C@@H](C)CN1C. The first kappa shape index (κ1) is 21.7. The first-order valence-corrected chi connectivity index (χ1v) is 9.94. The summed E-state index contributed by atoms with van der Waals surface area (Å²) in [7, 11) is 3.30. The van der Waals surface area contributed by atoms with Crippen molar-refractivity contribution < 1.29 is 27.4 Å². The van der Waals surface area contributed by atoms with Crippen LogP contribution in [0.5, 0.6) is 11.8 Å². The summed E-state index contributed by atoms with van der Waals surface area (Å²) in [6, 6.07) is 1.00. The minimum atomic E-state index is -2.68. The summed E-state index contributed by atoms with van der Waals surface area (Å²) in [5.74, 6) is -3.20. The number of alkyl halides is 2. The van der Waals surface area contributed by atoms with Crippen molar-refractivity contribution in [1.29, 1.82) is 0 Å². The number of carbonyl (C=O) groups is 1. The number of nitrogens with one attached hydrogen (secondary N) is 1. The van der Waals surface area contributed by atoms with Gasteiger partial charge in [-0.3, -0.25) is 9.69 Å². The fourth-order valence-corrected chi connectivity index (χ4v) is 4.03. The molecule has 1 N–H and O–H groups in total. The van der Waals surface area contributed by atoms with Gasteiger partial charge < -0.3 is 14.8 Å². The monoisotopic (exact) mass is 415 g/mol. The van der Waals surface area contributed by atoms with E-state index < -0.39 is 17.8 Å². The second kappa shape index (κ2) is 8.77. The Morgan fingerprint density at radius 1 is 1.34 bits per heavy atom. The Bertz CT molecular complexity index is 737. The Balaban J connectivity index is 1.63. The molecule has 2 heterocycles. The van der Waals surface area contributed by atoms with E-state index in [9.17, 15) is 18.0 Å². The van der Waals surface area contributed by atoms with Crippen LogP contribution in [0.1, 0.15) is 44.6 Å². The molecule has 162 valence electrons. The number of ether oxygens (including phenoxy) is 2. The lowest BCUT2D eigenvalue weighted by atomic mass is 9.94. The molecular formula is C20H28F3N3O3. The van der Waals surface area contributed by atoms with E-state index in [0.29, 0.717) is 11.5 Å². The molecule has 9 heteroatoms. The van der Waals surface area contributed by atoms with Gasteiger partial charge in [0.1, 0.15) is 6.10 Å². The van der Waals surface area contributed by atoms with Gasteiger partial charge in [0.25, 0.3) is 5.88 Å². The van der Waals surface area contributed by atoms with Gasteiger partial charge in [-0.15, -0.1) is 0 Å². The van der Waals surface area contributed by atoms with Crippen molar-refractivity contribution in [2.75, 3.05) is 20.7 Å². The molecule has 2 atom stereocenters. The number of aromatic nitrogens is 1. The maximum Gasteiger partial charge on any atom is 0.254 e. The molecule has 0 unspecified atom stereocenters. The Morgan fingerprint density at radius 2 is 2.03 bits per heavy atom. The number of carbonyl (C=O) groups excluding carboxylic acids is 1. The summed E-state index contributed by atoms with van der Waals surface area (Å²) in [5.41, 5.74) is 0.384. The van der Waals surface area contributed by atoms with Crippen LogP contribution in [0.3, 0.4) is 0 Å². The lowest BCUT2D eigenvalue weighted by molar-refractivity contribution is -0.125. The van der Waals surface area contributed by atoms with Crippen LogP contribution in [0.25, 0.3) is 0 Å². The van der Waals surface area contributed by atoms with Crippen LogP contribution >= 0.6 is 0 Å². The van der Waals surface area contributed by atoms with E-state index in [-0.39, 0.29) is 55.9 Å². The molecule has 1 saturated heterocycles. The smallest absolute Gasteiger partial charge is 0.254 e.